The van der Waals surface area contributed by atoms with Gasteiger partial charge in [-0.3, -0.25) is 0 Å². The lowest BCUT2D eigenvalue weighted by Gasteiger charge is -2.10. The van der Waals surface area contributed by atoms with Gasteiger partial charge in [-0.05, 0) is 40.2 Å². The second kappa shape index (κ2) is 6.40. The average Bonchev–Trinajstić information content (AvgIpc) is 2.47. The molecule has 0 saturated heterocycles. The number of rotatable bonds is 4. The molecule has 0 atom stereocenters. The summed E-state index contributed by atoms with van der Waals surface area (Å²) in [6.07, 6.45) is 0. The number of benzene rings is 2. The highest BCUT2D eigenvalue weighted by molar-refractivity contribution is 9.10. The zero-order valence-electron chi connectivity index (χ0n) is 10.7. The van der Waals surface area contributed by atoms with E-state index in [9.17, 15) is 4.39 Å². The van der Waals surface area contributed by atoms with E-state index in [0.717, 1.165) is 0 Å². The van der Waals surface area contributed by atoms with Gasteiger partial charge in [-0.15, -0.1) is 0 Å². The van der Waals surface area contributed by atoms with Gasteiger partial charge in [0, 0.05) is 5.56 Å². The molecule has 5 heteroatoms. The molecule has 20 heavy (non-hydrogen) atoms. The van der Waals surface area contributed by atoms with Crippen LogP contribution in [0.4, 0.5) is 4.39 Å². The van der Waals surface area contributed by atoms with E-state index in [0.29, 0.717) is 21.5 Å². The molecule has 0 fully saturated rings. The molecule has 0 saturated carbocycles. The summed E-state index contributed by atoms with van der Waals surface area (Å²) in [5, 5.41) is 8.78. The molecule has 0 bridgehead atoms. The Morgan fingerprint density at radius 1 is 1.30 bits per heavy atom. The van der Waals surface area contributed by atoms with E-state index in [1.807, 2.05) is 0 Å². The van der Waals surface area contributed by atoms with E-state index >= 15 is 0 Å². The third kappa shape index (κ3) is 3.09. The van der Waals surface area contributed by atoms with Crippen molar-refractivity contribution in [3.8, 4) is 17.6 Å². The monoisotopic (exact) mass is 335 g/mol. The predicted molar refractivity (Wildman–Crippen MR) is 76.1 cm³/mol. The molecule has 0 heterocycles. The van der Waals surface area contributed by atoms with Crippen LogP contribution in [-0.2, 0) is 6.61 Å². The van der Waals surface area contributed by atoms with Crippen molar-refractivity contribution >= 4 is 15.9 Å². The molecule has 0 aromatic heterocycles. The third-order valence-corrected chi connectivity index (χ3v) is 3.34. The molecule has 0 aliphatic heterocycles. The topological polar surface area (TPSA) is 42.2 Å². The van der Waals surface area contributed by atoms with Gasteiger partial charge >= 0.3 is 0 Å². The lowest BCUT2D eigenvalue weighted by atomic mass is 10.1. The quantitative estimate of drug-likeness (QED) is 0.846. The van der Waals surface area contributed by atoms with Crippen molar-refractivity contribution < 1.29 is 13.9 Å². The zero-order chi connectivity index (χ0) is 14.5. The second-order valence-electron chi connectivity index (χ2n) is 3.98. The van der Waals surface area contributed by atoms with Gasteiger partial charge < -0.3 is 9.47 Å². The number of methoxy groups -OCH3 is 1. The fraction of sp³-hybridized carbons (Fsp3) is 0.133. The van der Waals surface area contributed by atoms with Crippen molar-refractivity contribution in [2.24, 2.45) is 0 Å². The standard InChI is InChI=1S/C15H11BrFNO2/c1-19-12-5-6-14(13(16)7-12)20-9-11-4-2-3-10(8-18)15(11)17/h2-7H,9H2,1H3. The molecule has 2 rings (SSSR count). The summed E-state index contributed by atoms with van der Waals surface area (Å²) in [5.74, 6) is 0.731. The van der Waals surface area contributed by atoms with E-state index in [-0.39, 0.29) is 12.2 Å². The SMILES string of the molecule is COc1ccc(OCc2cccc(C#N)c2F)c(Br)c1. The van der Waals surface area contributed by atoms with Gasteiger partial charge in [-0.1, -0.05) is 12.1 Å². The number of ether oxygens (including phenoxy) is 2. The van der Waals surface area contributed by atoms with Gasteiger partial charge in [0.05, 0.1) is 17.1 Å². The lowest BCUT2D eigenvalue weighted by Crippen LogP contribution is -2.00. The Morgan fingerprint density at radius 3 is 2.75 bits per heavy atom. The molecule has 2 aromatic rings. The minimum Gasteiger partial charge on any atom is -0.497 e. The summed E-state index contributed by atoms with van der Waals surface area (Å²) < 4.78 is 25.2. The molecule has 0 aliphatic rings. The Morgan fingerprint density at radius 2 is 2.10 bits per heavy atom. The summed E-state index contributed by atoms with van der Waals surface area (Å²) in [6, 6.07) is 11.7. The zero-order valence-corrected chi connectivity index (χ0v) is 12.3. The molecule has 0 N–H and O–H groups in total. The summed E-state index contributed by atoms with van der Waals surface area (Å²) in [6.45, 7) is 0.0479. The summed E-state index contributed by atoms with van der Waals surface area (Å²) in [4.78, 5) is 0. The van der Waals surface area contributed by atoms with Crippen LogP contribution in [0.2, 0.25) is 0 Å². The van der Waals surface area contributed by atoms with Crippen molar-refractivity contribution in [3.05, 3.63) is 57.8 Å². The van der Waals surface area contributed by atoms with Gasteiger partial charge in [0.25, 0.3) is 0 Å². The van der Waals surface area contributed by atoms with E-state index in [1.54, 1.807) is 43.5 Å². The van der Waals surface area contributed by atoms with Crippen molar-refractivity contribution in [2.45, 2.75) is 6.61 Å². The molecule has 0 amide bonds. The van der Waals surface area contributed by atoms with Gasteiger partial charge in [0.1, 0.15) is 30.0 Å². The number of hydrogen-bond donors (Lipinski definition) is 0. The van der Waals surface area contributed by atoms with Crippen molar-refractivity contribution in [1.29, 1.82) is 5.26 Å². The van der Waals surface area contributed by atoms with E-state index in [1.165, 1.54) is 6.07 Å². The number of halogens is 2. The van der Waals surface area contributed by atoms with Crippen molar-refractivity contribution in [3.63, 3.8) is 0 Å². The van der Waals surface area contributed by atoms with E-state index < -0.39 is 5.82 Å². The fourth-order valence-electron chi connectivity index (χ4n) is 1.66. The Labute approximate surface area is 124 Å². The molecular weight excluding hydrogens is 325 g/mol. The predicted octanol–water partition coefficient (Wildman–Crippen LogP) is 4.05. The smallest absolute Gasteiger partial charge is 0.147 e. The highest BCUT2D eigenvalue weighted by Gasteiger charge is 2.09. The fourth-order valence-corrected chi connectivity index (χ4v) is 2.13. The van der Waals surface area contributed by atoms with Crippen LogP contribution in [0.25, 0.3) is 0 Å². The van der Waals surface area contributed by atoms with Crippen molar-refractivity contribution in [2.75, 3.05) is 7.11 Å². The van der Waals surface area contributed by atoms with Gasteiger partial charge in [-0.25, -0.2) is 4.39 Å². The van der Waals surface area contributed by atoms with Gasteiger partial charge in [-0.2, -0.15) is 5.26 Å². The van der Waals surface area contributed by atoms with Crippen LogP contribution < -0.4 is 9.47 Å². The van der Waals surface area contributed by atoms with Crippen LogP contribution in [0, 0.1) is 17.1 Å². The van der Waals surface area contributed by atoms with Crippen LogP contribution in [0.5, 0.6) is 11.5 Å². The minimum atomic E-state index is -0.542. The molecule has 0 unspecified atom stereocenters. The highest BCUT2D eigenvalue weighted by Crippen LogP contribution is 2.30. The molecule has 2 aromatic carbocycles. The first-order valence-electron chi connectivity index (χ1n) is 5.79. The number of nitrogens with zero attached hydrogens (tertiary/aromatic N) is 1. The minimum absolute atomic E-state index is 0.0138. The van der Waals surface area contributed by atoms with E-state index in [4.69, 9.17) is 14.7 Å². The second-order valence-corrected chi connectivity index (χ2v) is 4.83. The van der Waals surface area contributed by atoms with Crippen LogP contribution in [-0.4, -0.2) is 7.11 Å². The maximum Gasteiger partial charge on any atom is 0.147 e. The van der Waals surface area contributed by atoms with Gasteiger partial charge in [0.15, 0.2) is 0 Å². The van der Waals surface area contributed by atoms with Crippen molar-refractivity contribution in [1.82, 2.24) is 0 Å². The first-order valence-corrected chi connectivity index (χ1v) is 6.59. The van der Waals surface area contributed by atoms with Gasteiger partial charge in [0.2, 0.25) is 0 Å². The normalized spacial score (nSPS) is 9.90. The first-order chi connectivity index (χ1) is 9.65. The van der Waals surface area contributed by atoms with Crippen LogP contribution >= 0.6 is 15.9 Å². The van der Waals surface area contributed by atoms with Crippen LogP contribution in [0.15, 0.2) is 40.9 Å². The maximum atomic E-state index is 13.9. The first kappa shape index (κ1) is 14.4. The molecule has 0 aliphatic carbocycles. The lowest BCUT2D eigenvalue weighted by molar-refractivity contribution is 0.297. The number of hydrogen-bond acceptors (Lipinski definition) is 3. The van der Waals surface area contributed by atoms with Crippen LogP contribution in [0.3, 0.4) is 0 Å². The molecule has 102 valence electrons. The summed E-state index contributed by atoms with van der Waals surface area (Å²) >= 11 is 3.36. The summed E-state index contributed by atoms with van der Waals surface area (Å²) in [5.41, 5.74) is 0.353. The van der Waals surface area contributed by atoms with E-state index in [2.05, 4.69) is 15.9 Å². The number of nitriles is 1. The largest absolute Gasteiger partial charge is 0.497 e. The van der Waals surface area contributed by atoms with Crippen LogP contribution in [0.1, 0.15) is 11.1 Å². The average molecular weight is 336 g/mol. The Balaban J connectivity index is 2.15. The maximum absolute atomic E-state index is 13.9. The highest BCUT2D eigenvalue weighted by atomic mass is 79.9. The molecule has 0 radical (unpaired) electrons. The summed E-state index contributed by atoms with van der Waals surface area (Å²) in [7, 11) is 1.57. The molecule has 0 spiro atoms. The Kier molecular flexibility index (Phi) is 4.59. The molecular formula is C15H11BrFNO2. The third-order valence-electron chi connectivity index (χ3n) is 2.72. The Bertz CT molecular complexity index is 667. The molecule has 3 nitrogen and oxygen atoms in total. The Hall–Kier alpha value is -2.06.